The van der Waals surface area contributed by atoms with Gasteiger partial charge in [-0.25, -0.2) is 4.98 Å². The Hall–Kier alpha value is -1.86. The van der Waals surface area contributed by atoms with Crippen LogP contribution < -0.4 is 5.46 Å². The summed E-state index contributed by atoms with van der Waals surface area (Å²) in [5.41, 5.74) is 3.98. The number of hydrogen-bond acceptors (Lipinski definition) is 5. The van der Waals surface area contributed by atoms with E-state index in [1.165, 1.54) is 18.6 Å². The molecular weight excluding hydrogens is 363 g/mol. The van der Waals surface area contributed by atoms with Gasteiger partial charge in [-0.1, -0.05) is 0 Å². The monoisotopic (exact) mass is 388 g/mol. The fraction of sp³-hybridized carbons (Fsp3) is 0.636. The van der Waals surface area contributed by atoms with Crippen LogP contribution in [0.1, 0.15) is 50.5 Å². The van der Waals surface area contributed by atoms with Crippen LogP contribution in [-0.4, -0.2) is 49.4 Å². The number of nitrogens with zero attached hydrogens (tertiary/aromatic N) is 3. The number of hydrazone groups is 1. The molecule has 5 saturated carbocycles. The third-order valence-corrected chi connectivity index (χ3v) is 9.46. The van der Waals surface area contributed by atoms with E-state index in [-0.39, 0.29) is 0 Å². The molecular formula is C22H25BN4O2. The summed E-state index contributed by atoms with van der Waals surface area (Å²) in [6, 6.07) is 2.43. The van der Waals surface area contributed by atoms with E-state index < -0.39 is 12.7 Å². The maximum Gasteiger partial charge on any atom is 0.468 e. The highest BCUT2D eigenvalue weighted by Crippen LogP contribution is 2.78. The predicted molar refractivity (Wildman–Crippen MR) is 110 cm³/mol. The van der Waals surface area contributed by atoms with Crippen LogP contribution in [-0.2, 0) is 0 Å². The van der Waals surface area contributed by atoms with Gasteiger partial charge in [-0.15, -0.1) is 0 Å². The quantitative estimate of drug-likeness (QED) is 0.683. The lowest BCUT2D eigenvalue weighted by Gasteiger charge is -2.51. The van der Waals surface area contributed by atoms with Crippen molar-refractivity contribution < 1.29 is 10.1 Å². The Labute approximate surface area is 169 Å². The predicted octanol–water partition coefficient (Wildman–Crippen LogP) is 1.62. The summed E-state index contributed by atoms with van der Waals surface area (Å²) in [4.78, 5) is 9.79. The molecule has 1 spiro atoms. The summed E-state index contributed by atoms with van der Waals surface area (Å²) in [5, 5.41) is 28.6. The molecule has 7 heteroatoms. The minimum absolute atomic E-state index is 0.351. The summed E-state index contributed by atoms with van der Waals surface area (Å²) in [6.07, 6.45) is 11.5. The zero-order chi connectivity index (χ0) is 19.1. The Morgan fingerprint density at radius 3 is 3.00 bits per heavy atom. The summed E-state index contributed by atoms with van der Waals surface area (Å²) >= 11 is 0. The van der Waals surface area contributed by atoms with E-state index in [9.17, 15) is 10.1 Å². The first-order valence-corrected chi connectivity index (χ1v) is 11.3. The van der Waals surface area contributed by atoms with Gasteiger partial charge >= 0.3 is 7.05 Å². The van der Waals surface area contributed by atoms with Crippen molar-refractivity contribution in [3.05, 3.63) is 24.0 Å². The largest absolute Gasteiger partial charge is 0.468 e. The van der Waals surface area contributed by atoms with Crippen LogP contribution in [0.5, 0.6) is 0 Å². The van der Waals surface area contributed by atoms with Crippen molar-refractivity contribution in [1.29, 1.82) is 0 Å². The zero-order valence-electron chi connectivity index (χ0n) is 16.4. The molecule has 3 heterocycles. The number of aliphatic hydroxyl groups is 1. The SMILES string of the molecule is OB1c2cnc3[nH]ccc3c2C(C2C3CC4(O)CC5CC2C5(C3)C4)=NN1C1CC1. The molecule has 2 aromatic rings. The van der Waals surface area contributed by atoms with Gasteiger partial charge in [0.1, 0.15) is 5.65 Å². The number of aromatic amines is 1. The van der Waals surface area contributed by atoms with E-state index in [1.807, 2.05) is 17.3 Å². The summed E-state index contributed by atoms with van der Waals surface area (Å²) in [6.45, 7) is 0. The zero-order valence-corrected chi connectivity index (χ0v) is 16.4. The molecule has 6 unspecified atom stereocenters. The minimum Gasteiger partial charge on any atom is -0.428 e. The molecule has 5 aliphatic carbocycles. The second-order valence-electron chi connectivity index (χ2n) is 10.9. The molecule has 8 rings (SSSR count). The van der Waals surface area contributed by atoms with Crippen LogP contribution in [0.15, 0.2) is 23.6 Å². The normalized spacial score (nSPS) is 44.1. The molecule has 6 nitrogen and oxygen atoms in total. The lowest BCUT2D eigenvalue weighted by molar-refractivity contribution is -0.0259. The number of pyridine rings is 1. The standard InChI is InChI=1S/C22H25BN4O2/c28-21-6-11-7-22(10-21)12(8-21)5-15(22)17(11)19-18-14-3-4-24-20(14)25-9-16(18)23(29)27(26-19)13-1-2-13/h3-4,9,11-13,15,17,28-29H,1-2,5-8,10H2,(H,24,25). The van der Waals surface area contributed by atoms with Crippen molar-refractivity contribution >= 4 is 29.3 Å². The third-order valence-electron chi connectivity index (χ3n) is 9.46. The van der Waals surface area contributed by atoms with Gasteiger partial charge in [0.2, 0.25) is 0 Å². The number of fused-ring (bicyclic) bond motifs is 5. The molecule has 29 heavy (non-hydrogen) atoms. The van der Waals surface area contributed by atoms with Crippen molar-refractivity contribution in [2.45, 2.75) is 56.6 Å². The second kappa shape index (κ2) is 4.73. The van der Waals surface area contributed by atoms with Crippen molar-refractivity contribution in [3.63, 3.8) is 0 Å². The van der Waals surface area contributed by atoms with Gasteiger partial charge in [0.25, 0.3) is 0 Å². The second-order valence-corrected chi connectivity index (χ2v) is 10.9. The summed E-state index contributed by atoms with van der Waals surface area (Å²) < 4.78 is 0. The first kappa shape index (κ1) is 15.9. The van der Waals surface area contributed by atoms with Crippen molar-refractivity contribution in [2.75, 3.05) is 0 Å². The van der Waals surface area contributed by atoms with E-state index in [0.29, 0.717) is 35.1 Å². The number of aromatic nitrogens is 2. The Morgan fingerprint density at radius 1 is 1.24 bits per heavy atom. The topological polar surface area (TPSA) is 84.7 Å². The van der Waals surface area contributed by atoms with E-state index >= 15 is 0 Å². The van der Waals surface area contributed by atoms with Gasteiger partial charge in [0.15, 0.2) is 0 Å². The lowest BCUT2D eigenvalue weighted by Crippen LogP contribution is -2.55. The first-order chi connectivity index (χ1) is 14.1. The van der Waals surface area contributed by atoms with Crippen LogP contribution in [0.4, 0.5) is 0 Å². The smallest absolute Gasteiger partial charge is 0.428 e. The van der Waals surface area contributed by atoms with Crippen molar-refractivity contribution in [1.82, 2.24) is 14.9 Å². The highest BCUT2D eigenvalue weighted by Gasteiger charge is 2.74. The average Bonchev–Trinajstić information content (AvgIpc) is 3.35. The highest BCUT2D eigenvalue weighted by molar-refractivity contribution is 6.66. The van der Waals surface area contributed by atoms with Gasteiger partial charge in [-0.2, -0.15) is 5.10 Å². The summed E-state index contributed by atoms with van der Waals surface area (Å²) in [7, 11) is -0.707. The lowest BCUT2D eigenvalue weighted by atomic mass is 9.53. The minimum atomic E-state index is -0.707. The number of nitrogens with one attached hydrogen (secondary N) is 1. The molecule has 1 aliphatic heterocycles. The van der Waals surface area contributed by atoms with E-state index in [4.69, 9.17) is 5.10 Å². The molecule has 0 saturated heterocycles. The fourth-order valence-electron chi connectivity index (χ4n) is 8.45. The van der Waals surface area contributed by atoms with E-state index in [0.717, 1.165) is 54.2 Å². The molecule has 5 fully saturated rings. The molecule has 3 N–H and O–H groups in total. The van der Waals surface area contributed by atoms with Crippen molar-refractivity contribution in [2.24, 2.45) is 34.2 Å². The Morgan fingerprint density at radius 2 is 2.14 bits per heavy atom. The van der Waals surface area contributed by atoms with Gasteiger partial charge in [0.05, 0.1) is 11.3 Å². The van der Waals surface area contributed by atoms with E-state index in [2.05, 4.69) is 16.0 Å². The van der Waals surface area contributed by atoms with E-state index in [1.54, 1.807) is 0 Å². The van der Waals surface area contributed by atoms with Crippen molar-refractivity contribution in [3.8, 4) is 0 Å². The number of H-pyrrole nitrogens is 1. The first-order valence-electron chi connectivity index (χ1n) is 11.3. The Kier molecular flexibility index (Phi) is 2.59. The average molecular weight is 388 g/mol. The Bertz CT molecular complexity index is 1110. The molecule has 2 aromatic heterocycles. The van der Waals surface area contributed by atoms with Crippen LogP contribution in [0.3, 0.4) is 0 Å². The van der Waals surface area contributed by atoms with Gasteiger partial charge in [0, 0.05) is 40.8 Å². The molecule has 0 radical (unpaired) electrons. The molecule has 0 aromatic carbocycles. The van der Waals surface area contributed by atoms with Crippen LogP contribution in [0, 0.1) is 29.1 Å². The maximum atomic E-state index is 11.2. The van der Waals surface area contributed by atoms with Crippen LogP contribution in [0.25, 0.3) is 11.0 Å². The maximum absolute atomic E-state index is 11.2. The Balaban J connectivity index is 1.34. The fourth-order valence-corrected chi connectivity index (χ4v) is 8.45. The number of hydrogen-bond donors (Lipinski definition) is 3. The van der Waals surface area contributed by atoms with Gasteiger partial charge in [-0.05, 0) is 74.2 Å². The molecule has 6 aliphatic rings. The van der Waals surface area contributed by atoms with Crippen LogP contribution in [0.2, 0.25) is 0 Å². The molecule has 0 amide bonds. The molecule has 6 atom stereocenters. The number of rotatable bonds is 2. The third kappa shape index (κ3) is 1.76. The van der Waals surface area contributed by atoms with Crippen LogP contribution >= 0.6 is 0 Å². The van der Waals surface area contributed by atoms with Gasteiger partial charge in [-0.3, -0.25) is 0 Å². The van der Waals surface area contributed by atoms with Gasteiger partial charge < -0.3 is 20.0 Å². The molecule has 148 valence electrons. The summed E-state index contributed by atoms with van der Waals surface area (Å²) in [5.74, 6) is 2.26. The highest BCUT2D eigenvalue weighted by atomic mass is 16.3. The molecule has 3 bridgehead atoms.